The number of allylic oxidation sites excluding steroid dienone is 1. The van der Waals surface area contributed by atoms with Crippen molar-refractivity contribution in [3.8, 4) is 0 Å². The van der Waals surface area contributed by atoms with Gasteiger partial charge in [0.1, 0.15) is 0 Å². The van der Waals surface area contributed by atoms with Crippen LogP contribution < -0.4 is 4.90 Å². The summed E-state index contributed by atoms with van der Waals surface area (Å²) in [5.41, 5.74) is 0.450. The third kappa shape index (κ3) is 4.37. The highest BCUT2D eigenvalue weighted by Gasteiger charge is 2.43. The molecule has 1 aromatic rings. The van der Waals surface area contributed by atoms with Crippen LogP contribution in [0.1, 0.15) is 42.5 Å². The molecule has 1 N–H and O–H groups in total. The van der Waals surface area contributed by atoms with Gasteiger partial charge in [0.2, 0.25) is 0 Å². The van der Waals surface area contributed by atoms with Gasteiger partial charge in [-0.25, -0.2) is 4.79 Å². The second kappa shape index (κ2) is 7.51. The lowest BCUT2D eigenvalue weighted by Gasteiger charge is -2.26. The van der Waals surface area contributed by atoms with Crippen LogP contribution in [-0.4, -0.2) is 29.7 Å². The highest BCUT2D eigenvalue weighted by atomic mass is 19.4. The molecule has 0 atom stereocenters. The number of rotatable bonds is 5. The fraction of sp³-hybridized carbons (Fsp3) is 0.412. The van der Waals surface area contributed by atoms with Crippen LogP contribution in [0.2, 0.25) is 0 Å². The van der Waals surface area contributed by atoms with Crippen LogP contribution in [0, 0.1) is 0 Å². The molecule has 0 bridgehead atoms. The largest absolute Gasteiger partial charge is 0.478 e. The molecule has 1 aliphatic carbocycles. The number of amides is 1. The third-order valence-electron chi connectivity index (χ3n) is 3.95. The topological polar surface area (TPSA) is 57.6 Å². The Morgan fingerprint density at radius 3 is 2.46 bits per heavy atom. The smallest absolute Gasteiger partial charge is 0.471 e. The Labute approximate surface area is 137 Å². The van der Waals surface area contributed by atoms with Crippen molar-refractivity contribution in [3.05, 3.63) is 41.5 Å². The number of carbonyl (C=O) groups excluding carboxylic acids is 1. The van der Waals surface area contributed by atoms with Gasteiger partial charge in [-0.2, -0.15) is 13.2 Å². The van der Waals surface area contributed by atoms with Gasteiger partial charge < -0.3 is 10.0 Å². The quantitative estimate of drug-likeness (QED) is 0.818. The first-order valence-corrected chi connectivity index (χ1v) is 7.69. The summed E-state index contributed by atoms with van der Waals surface area (Å²) >= 11 is 0. The van der Waals surface area contributed by atoms with Gasteiger partial charge in [-0.3, -0.25) is 4.79 Å². The van der Waals surface area contributed by atoms with E-state index in [0.717, 1.165) is 31.3 Å². The molecule has 1 aliphatic rings. The molecule has 0 heterocycles. The summed E-state index contributed by atoms with van der Waals surface area (Å²) in [6, 6.07) is 5.24. The summed E-state index contributed by atoms with van der Waals surface area (Å²) in [6.07, 6.45) is 0.940. The number of carboxylic acid groups (broad SMARTS) is 1. The van der Waals surface area contributed by atoms with Crippen molar-refractivity contribution in [1.29, 1.82) is 0 Å². The van der Waals surface area contributed by atoms with Crippen molar-refractivity contribution >= 4 is 17.6 Å². The van der Waals surface area contributed by atoms with E-state index in [1.165, 1.54) is 24.3 Å². The molecule has 1 amide bonds. The fourth-order valence-corrected chi connectivity index (χ4v) is 2.76. The summed E-state index contributed by atoms with van der Waals surface area (Å²) in [7, 11) is 0. The Bertz CT molecular complexity index is 653. The normalized spacial score (nSPS) is 14.9. The van der Waals surface area contributed by atoms with Crippen molar-refractivity contribution in [3.63, 3.8) is 0 Å². The molecule has 130 valence electrons. The van der Waals surface area contributed by atoms with Gasteiger partial charge in [0.15, 0.2) is 0 Å². The van der Waals surface area contributed by atoms with E-state index in [-0.39, 0.29) is 17.8 Å². The minimum absolute atomic E-state index is 0.200. The van der Waals surface area contributed by atoms with Gasteiger partial charge in [0, 0.05) is 6.54 Å². The molecule has 4 nitrogen and oxygen atoms in total. The average Bonchev–Trinajstić information content (AvgIpc) is 2.55. The SMILES string of the molecule is O=C(O)c1ccccc1N(CCC1=CCCCC1)C(=O)C(F)(F)F. The maximum atomic E-state index is 12.9. The van der Waals surface area contributed by atoms with Crippen LogP contribution in [0.15, 0.2) is 35.9 Å². The number of hydrogen-bond donors (Lipinski definition) is 1. The first-order chi connectivity index (χ1) is 11.3. The Balaban J connectivity index is 2.31. The summed E-state index contributed by atoms with van der Waals surface area (Å²) < 4.78 is 38.8. The number of halogens is 3. The number of para-hydroxylation sites is 1. The first kappa shape index (κ1) is 18.0. The lowest BCUT2D eigenvalue weighted by Crippen LogP contribution is -2.42. The van der Waals surface area contributed by atoms with Gasteiger partial charge >= 0.3 is 18.1 Å². The van der Waals surface area contributed by atoms with Crippen LogP contribution in [0.4, 0.5) is 18.9 Å². The minimum atomic E-state index is -5.06. The zero-order valence-corrected chi connectivity index (χ0v) is 13.0. The number of hydrogen-bond acceptors (Lipinski definition) is 2. The molecule has 0 fully saturated rings. The van der Waals surface area contributed by atoms with Gasteiger partial charge in [-0.1, -0.05) is 23.8 Å². The Morgan fingerprint density at radius 1 is 1.17 bits per heavy atom. The molecule has 7 heteroatoms. The zero-order chi connectivity index (χ0) is 17.7. The van der Waals surface area contributed by atoms with E-state index in [0.29, 0.717) is 11.3 Å². The number of carboxylic acids is 1. The zero-order valence-electron chi connectivity index (χ0n) is 13.0. The summed E-state index contributed by atoms with van der Waals surface area (Å²) in [5.74, 6) is -3.42. The molecule has 24 heavy (non-hydrogen) atoms. The van der Waals surface area contributed by atoms with Crippen molar-refractivity contribution in [2.45, 2.75) is 38.3 Å². The van der Waals surface area contributed by atoms with Crippen LogP contribution in [0.5, 0.6) is 0 Å². The van der Waals surface area contributed by atoms with Gasteiger partial charge in [-0.15, -0.1) is 0 Å². The van der Waals surface area contributed by atoms with Crippen LogP contribution in [0.25, 0.3) is 0 Å². The van der Waals surface area contributed by atoms with Crippen molar-refractivity contribution in [2.75, 3.05) is 11.4 Å². The van der Waals surface area contributed by atoms with E-state index in [4.69, 9.17) is 0 Å². The number of anilines is 1. The molecule has 0 unspecified atom stereocenters. The summed E-state index contributed by atoms with van der Waals surface area (Å²) in [5, 5.41) is 9.19. The highest BCUT2D eigenvalue weighted by Crippen LogP contribution is 2.28. The lowest BCUT2D eigenvalue weighted by molar-refractivity contribution is -0.170. The number of benzene rings is 1. The average molecular weight is 341 g/mol. The number of aromatic carboxylic acids is 1. The van der Waals surface area contributed by atoms with E-state index >= 15 is 0 Å². The first-order valence-electron chi connectivity index (χ1n) is 7.69. The molecule has 0 spiro atoms. The molecule has 0 radical (unpaired) electrons. The number of alkyl halides is 3. The highest BCUT2D eigenvalue weighted by molar-refractivity contribution is 6.03. The Morgan fingerprint density at radius 2 is 1.88 bits per heavy atom. The maximum absolute atomic E-state index is 12.9. The van der Waals surface area contributed by atoms with Crippen LogP contribution in [0.3, 0.4) is 0 Å². The second-order valence-electron chi connectivity index (χ2n) is 5.64. The van der Waals surface area contributed by atoms with Crippen molar-refractivity contribution in [2.24, 2.45) is 0 Å². The maximum Gasteiger partial charge on any atom is 0.471 e. The summed E-state index contributed by atoms with van der Waals surface area (Å²) in [6.45, 7) is -0.200. The standard InChI is InChI=1S/C17H18F3NO3/c18-17(19,20)16(24)21(11-10-12-6-2-1-3-7-12)14-9-5-4-8-13(14)15(22)23/h4-6,8-9H,1-3,7,10-11H2,(H,22,23). The molecule has 0 saturated carbocycles. The molecule has 0 saturated heterocycles. The van der Waals surface area contributed by atoms with Gasteiger partial charge in [0.05, 0.1) is 11.3 Å². The molecule has 0 aliphatic heterocycles. The fourth-order valence-electron chi connectivity index (χ4n) is 2.76. The number of nitrogens with zero attached hydrogens (tertiary/aromatic N) is 1. The molecular formula is C17H18F3NO3. The van der Waals surface area contributed by atoms with E-state index in [1.54, 1.807) is 0 Å². The minimum Gasteiger partial charge on any atom is -0.478 e. The second-order valence-corrected chi connectivity index (χ2v) is 5.64. The van der Waals surface area contributed by atoms with E-state index in [1.807, 2.05) is 6.08 Å². The van der Waals surface area contributed by atoms with Crippen molar-refractivity contribution < 1.29 is 27.9 Å². The predicted molar refractivity (Wildman–Crippen MR) is 83.0 cm³/mol. The van der Waals surface area contributed by atoms with E-state index in [9.17, 15) is 27.9 Å². The Kier molecular flexibility index (Phi) is 5.64. The van der Waals surface area contributed by atoms with Crippen LogP contribution in [-0.2, 0) is 4.79 Å². The van der Waals surface area contributed by atoms with Crippen LogP contribution >= 0.6 is 0 Å². The van der Waals surface area contributed by atoms with Gasteiger partial charge in [0.25, 0.3) is 0 Å². The Hall–Kier alpha value is -2.31. The molecule has 1 aromatic carbocycles. The third-order valence-corrected chi connectivity index (χ3v) is 3.95. The monoisotopic (exact) mass is 341 g/mol. The molecular weight excluding hydrogens is 323 g/mol. The van der Waals surface area contributed by atoms with Crippen molar-refractivity contribution in [1.82, 2.24) is 0 Å². The predicted octanol–water partition coefficient (Wildman–Crippen LogP) is 4.17. The van der Waals surface area contributed by atoms with E-state index < -0.39 is 18.1 Å². The lowest BCUT2D eigenvalue weighted by atomic mass is 9.97. The van der Waals surface area contributed by atoms with E-state index in [2.05, 4.69) is 0 Å². The summed E-state index contributed by atoms with van der Waals surface area (Å²) in [4.78, 5) is 23.6. The number of carbonyl (C=O) groups is 2. The van der Waals surface area contributed by atoms with Gasteiger partial charge in [-0.05, 0) is 44.2 Å². The molecule has 0 aromatic heterocycles. The molecule has 2 rings (SSSR count).